The van der Waals surface area contributed by atoms with Crippen LogP contribution in [0.2, 0.25) is 0 Å². The van der Waals surface area contributed by atoms with Gasteiger partial charge in [-0.2, -0.15) is 0 Å². The van der Waals surface area contributed by atoms with Gasteiger partial charge in [0.05, 0.1) is 5.71 Å². The molecular weight excluding hydrogens is 170 g/mol. The second-order valence-electron chi connectivity index (χ2n) is 3.36. The summed E-state index contributed by atoms with van der Waals surface area (Å²) in [5.74, 6) is 0. The largest absolute Gasteiger partial charge is 0.256 e. The summed E-state index contributed by atoms with van der Waals surface area (Å²) in [6, 6.07) is 10.4. The van der Waals surface area contributed by atoms with Gasteiger partial charge < -0.3 is 0 Å². The molecule has 14 heavy (non-hydrogen) atoms. The van der Waals surface area contributed by atoms with Crippen LogP contribution in [0.15, 0.2) is 65.3 Å². The van der Waals surface area contributed by atoms with E-state index in [0.29, 0.717) is 0 Å². The van der Waals surface area contributed by atoms with Crippen LogP contribution in [-0.4, -0.2) is 5.71 Å². The van der Waals surface area contributed by atoms with E-state index < -0.39 is 0 Å². The SMILES string of the molecule is C1=CC2=CC=C(c3ccccc3)C2=N1. The average molecular weight is 179 g/mol. The molecule has 0 bridgehead atoms. The number of rotatable bonds is 1. The summed E-state index contributed by atoms with van der Waals surface area (Å²) in [5.41, 5.74) is 4.80. The molecule has 0 radical (unpaired) electrons. The Hall–Kier alpha value is -1.89. The van der Waals surface area contributed by atoms with Gasteiger partial charge in [-0.05, 0) is 11.6 Å². The third kappa shape index (κ3) is 0.990. The molecule has 0 aromatic heterocycles. The lowest BCUT2D eigenvalue weighted by Crippen LogP contribution is -1.96. The Kier molecular flexibility index (Phi) is 1.51. The Labute approximate surface area is 82.8 Å². The van der Waals surface area contributed by atoms with Crippen molar-refractivity contribution in [3.05, 3.63) is 65.9 Å². The zero-order chi connectivity index (χ0) is 9.38. The normalized spacial score (nSPS) is 17.6. The summed E-state index contributed by atoms with van der Waals surface area (Å²) < 4.78 is 0. The van der Waals surface area contributed by atoms with Gasteiger partial charge in [-0.3, -0.25) is 4.99 Å². The topological polar surface area (TPSA) is 12.4 Å². The molecule has 1 heterocycles. The standard InChI is InChI=1S/C13H9N/c1-2-4-10(5-3-1)12-7-6-11-8-9-14-13(11)12/h1-9H. The molecule has 1 aromatic carbocycles. The molecular formula is C13H9N. The van der Waals surface area contributed by atoms with Gasteiger partial charge in [0, 0.05) is 17.3 Å². The van der Waals surface area contributed by atoms with Crippen LogP contribution in [0.3, 0.4) is 0 Å². The van der Waals surface area contributed by atoms with Crippen molar-refractivity contribution in [1.82, 2.24) is 0 Å². The molecule has 0 unspecified atom stereocenters. The van der Waals surface area contributed by atoms with E-state index in [-0.39, 0.29) is 0 Å². The van der Waals surface area contributed by atoms with Crippen LogP contribution in [0.5, 0.6) is 0 Å². The lowest BCUT2D eigenvalue weighted by Gasteiger charge is -2.03. The minimum atomic E-state index is 1.11. The third-order valence-corrected chi connectivity index (χ3v) is 2.50. The van der Waals surface area contributed by atoms with Gasteiger partial charge in [-0.15, -0.1) is 0 Å². The molecule has 2 aliphatic rings. The molecule has 3 rings (SSSR count). The molecule has 1 aromatic rings. The van der Waals surface area contributed by atoms with Crippen molar-refractivity contribution in [2.24, 2.45) is 4.99 Å². The summed E-state index contributed by atoms with van der Waals surface area (Å²) in [7, 11) is 0. The van der Waals surface area contributed by atoms with E-state index in [2.05, 4.69) is 41.4 Å². The highest BCUT2D eigenvalue weighted by atomic mass is 14.7. The Balaban J connectivity index is 2.05. The van der Waals surface area contributed by atoms with Gasteiger partial charge in [0.15, 0.2) is 0 Å². The summed E-state index contributed by atoms with van der Waals surface area (Å²) in [6.07, 6.45) is 8.15. The molecule has 1 aliphatic heterocycles. The molecule has 1 nitrogen and oxygen atoms in total. The number of aliphatic imine (C=N–C) groups is 1. The smallest absolute Gasteiger partial charge is 0.0780 e. The first-order chi connectivity index (χ1) is 6.95. The molecule has 1 aliphatic carbocycles. The van der Waals surface area contributed by atoms with Crippen LogP contribution in [0.1, 0.15) is 5.56 Å². The first-order valence-corrected chi connectivity index (χ1v) is 4.68. The molecule has 0 fully saturated rings. The van der Waals surface area contributed by atoms with Gasteiger partial charge in [0.1, 0.15) is 0 Å². The van der Waals surface area contributed by atoms with E-state index in [1.54, 1.807) is 0 Å². The zero-order valence-corrected chi connectivity index (χ0v) is 7.64. The van der Waals surface area contributed by atoms with Gasteiger partial charge in [0.25, 0.3) is 0 Å². The lowest BCUT2D eigenvalue weighted by molar-refractivity contribution is 1.60. The highest BCUT2D eigenvalue weighted by Crippen LogP contribution is 2.29. The van der Waals surface area contributed by atoms with Crippen molar-refractivity contribution in [2.45, 2.75) is 0 Å². The van der Waals surface area contributed by atoms with Crippen molar-refractivity contribution in [1.29, 1.82) is 0 Å². The highest BCUT2D eigenvalue weighted by Gasteiger charge is 2.18. The molecule has 0 atom stereocenters. The fourth-order valence-corrected chi connectivity index (χ4v) is 1.81. The van der Waals surface area contributed by atoms with Crippen molar-refractivity contribution in [2.75, 3.05) is 0 Å². The zero-order valence-electron chi connectivity index (χ0n) is 7.64. The van der Waals surface area contributed by atoms with Crippen molar-refractivity contribution in [3.8, 4) is 0 Å². The lowest BCUT2D eigenvalue weighted by atomic mass is 10.0. The Morgan fingerprint density at radius 1 is 0.929 bits per heavy atom. The van der Waals surface area contributed by atoms with E-state index in [0.717, 1.165) is 5.71 Å². The monoisotopic (exact) mass is 179 g/mol. The third-order valence-electron chi connectivity index (χ3n) is 2.50. The summed E-state index contributed by atoms with van der Waals surface area (Å²) in [5, 5.41) is 0. The van der Waals surface area contributed by atoms with E-state index in [1.165, 1.54) is 16.7 Å². The Morgan fingerprint density at radius 3 is 2.64 bits per heavy atom. The van der Waals surface area contributed by atoms with Crippen LogP contribution in [0, 0.1) is 0 Å². The first kappa shape index (κ1) is 7.51. The maximum Gasteiger partial charge on any atom is 0.0780 e. The fourth-order valence-electron chi connectivity index (χ4n) is 1.81. The number of benzene rings is 1. The highest BCUT2D eigenvalue weighted by molar-refractivity contribution is 6.36. The second-order valence-corrected chi connectivity index (χ2v) is 3.36. The number of fused-ring (bicyclic) bond motifs is 1. The summed E-state index contributed by atoms with van der Waals surface area (Å²) in [4.78, 5) is 4.36. The fraction of sp³-hybridized carbons (Fsp3) is 0. The molecule has 66 valence electrons. The van der Waals surface area contributed by atoms with E-state index >= 15 is 0 Å². The Morgan fingerprint density at radius 2 is 1.79 bits per heavy atom. The first-order valence-electron chi connectivity index (χ1n) is 4.68. The second kappa shape index (κ2) is 2.81. The van der Waals surface area contributed by atoms with Gasteiger partial charge >= 0.3 is 0 Å². The molecule has 1 heteroatoms. The maximum absolute atomic E-state index is 4.36. The van der Waals surface area contributed by atoms with Gasteiger partial charge in [0.2, 0.25) is 0 Å². The molecule has 0 amide bonds. The Bertz CT molecular complexity index is 487. The van der Waals surface area contributed by atoms with Crippen molar-refractivity contribution >= 4 is 11.3 Å². The van der Waals surface area contributed by atoms with Crippen LogP contribution < -0.4 is 0 Å². The number of hydrogen-bond acceptors (Lipinski definition) is 1. The number of nitrogens with zero attached hydrogens (tertiary/aromatic N) is 1. The van der Waals surface area contributed by atoms with Crippen LogP contribution in [-0.2, 0) is 0 Å². The molecule has 0 saturated carbocycles. The molecule has 0 saturated heterocycles. The summed E-state index contributed by atoms with van der Waals surface area (Å²) in [6.45, 7) is 0. The minimum absolute atomic E-state index is 1.11. The minimum Gasteiger partial charge on any atom is -0.256 e. The predicted octanol–water partition coefficient (Wildman–Crippen LogP) is 2.98. The predicted molar refractivity (Wildman–Crippen MR) is 59.1 cm³/mol. The van der Waals surface area contributed by atoms with Crippen LogP contribution >= 0.6 is 0 Å². The van der Waals surface area contributed by atoms with Crippen LogP contribution in [0.25, 0.3) is 5.57 Å². The summed E-state index contributed by atoms with van der Waals surface area (Å²) >= 11 is 0. The van der Waals surface area contributed by atoms with E-state index in [9.17, 15) is 0 Å². The van der Waals surface area contributed by atoms with E-state index in [4.69, 9.17) is 0 Å². The van der Waals surface area contributed by atoms with Crippen molar-refractivity contribution in [3.63, 3.8) is 0 Å². The van der Waals surface area contributed by atoms with E-state index in [1.807, 2.05) is 18.3 Å². The van der Waals surface area contributed by atoms with Crippen LogP contribution in [0.4, 0.5) is 0 Å². The van der Waals surface area contributed by atoms with Crippen molar-refractivity contribution < 1.29 is 0 Å². The molecule has 0 spiro atoms. The molecule has 0 N–H and O–H groups in total. The quantitative estimate of drug-likeness (QED) is 0.628. The van der Waals surface area contributed by atoms with Gasteiger partial charge in [-0.1, -0.05) is 42.5 Å². The number of allylic oxidation sites excluding steroid dienone is 5. The maximum atomic E-state index is 4.36. The number of hydrogen-bond donors (Lipinski definition) is 0. The average Bonchev–Trinajstić information content (AvgIpc) is 2.79. The van der Waals surface area contributed by atoms with Gasteiger partial charge in [-0.25, -0.2) is 0 Å².